The Morgan fingerprint density at radius 1 is 1.27 bits per heavy atom. The molecular weight excluding hydrogens is 290 g/mol. The van der Waals surface area contributed by atoms with Gasteiger partial charge < -0.3 is 15.0 Å². The summed E-state index contributed by atoms with van der Waals surface area (Å²) in [5, 5.41) is 2.74. The van der Waals surface area contributed by atoms with Crippen LogP contribution in [0, 0.1) is 23.5 Å². The lowest BCUT2D eigenvalue weighted by molar-refractivity contribution is 0.111. The van der Waals surface area contributed by atoms with Gasteiger partial charge in [0.05, 0.1) is 6.54 Å². The highest BCUT2D eigenvalue weighted by Gasteiger charge is 2.34. The molecule has 0 bridgehead atoms. The summed E-state index contributed by atoms with van der Waals surface area (Å²) in [6, 6.07) is 3.05. The van der Waals surface area contributed by atoms with E-state index in [0.29, 0.717) is 12.5 Å². The number of urea groups is 1. The lowest BCUT2D eigenvalue weighted by Gasteiger charge is -2.39. The van der Waals surface area contributed by atoms with Crippen molar-refractivity contribution < 1.29 is 18.3 Å². The summed E-state index contributed by atoms with van der Waals surface area (Å²) in [5.74, 6) is 0.162. The van der Waals surface area contributed by atoms with Gasteiger partial charge in [-0.05, 0) is 30.4 Å². The molecule has 0 unspecified atom stereocenters. The lowest BCUT2D eigenvalue weighted by atomic mass is 9.94. The van der Waals surface area contributed by atoms with Crippen LogP contribution in [0.3, 0.4) is 0 Å². The Bertz CT molecular complexity index is 543. The smallest absolute Gasteiger partial charge is 0.317 e. The van der Waals surface area contributed by atoms with Crippen molar-refractivity contribution in [1.29, 1.82) is 0 Å². The van der Waals surface area contributed by atoms with Crippen molar-refractivity contribution in [3.05, 3.63) is 29.8 Å². The van der Waals surface area contributed by atoms with E-state index in [-0.39, 0.29) is 18.4 Å². The summed E-state index contributed by atoms with van der Waals surface area (Å²) in [6.07, 6.45) is 3.94. The van der Waals surface area contributed by atoms with Crippen LogP contribution in [0.25, 0.3) is 0 Å². The van der Waals surface area contributed by atoms with Gasteiger partial charge in [-0.15, -0.1) is 0 Å². The van der Waals surface area contributed by atoms with Gasteiger partial charge in [0.15, 0.2) is 11.6 Å². The number of nitrogens with zero attached hydrogens (tertiary/aromatic N) is 1. The third-order valence-corrected chi connectivity index (χ3v) is 4.14. The first-order valence-electron chi connectivity index (χ1n) is 7.72. The maximum Gasteiger partial charge on any atom is 0.317 e. The number of hydrogen-bond acceptors (Lipinski definition) is 2. The van der Waals surface area contributed by atoms with E-state index >= 15 is 0 Å². The Morgan fingerprint density at radius 2 is 2.05 bits per heavy atom. The van der Waals surface area contributed by atoms with Gasteiger partial charge in [0.25, 0.3) is 0 Å². The van der Waals surface area contributed by atoms with Gasteiger partial charge in [-0.2, -0.15) is 0 Å². The predicted molar refractivity (Wildman–Crippen MR) is 77.7 cm³/mol. The van der Waals surface area contributed by atoms with Crippen LogP contribution in [0.1, 0.15) is 19.3 Å². The molecule has 0 spiro atoms. The Labute approximate surface area is 128 Å². The minimum Gasteiger partial charge on any atom is -0.489 e. The molecule has 1 saturated carbocycles. The van der Waals surface area contributed by atoms with E-state index in [1.165, 1.54) is 25.3 Å². The molecule has 22 heavy (non-hydrogen) atoms. The largest absolute Gasteiger partial charge is 0.489 e. The summed E-state index contributed by atoms with van der Waals surface area (Å²) in [4.78, 5) is 13.6. The highest BCUT2D eigenvalue weighted by atomic mass is 19.1. The van der Waals surface area contributed by atoms with Crippen molar-refractivity contribution in [3.63, 3.8) is 0 Å². The highest BCUT2D eigenvalue weighted by molar-refractivity contribution is 5.75. The number of benzene rings is 1. The molecule has 2 amide bonds. The molecular formula is C16H20F2N2O2. The molecule has 3 rings (SSSR count). The first-order chi connectivity index (χ1) is 10.6. The molecule has 2 aliphatic rings. The maximum absolute atomic E-state index is 13.3. The molecule has 1 aromatic carbocycles. The SMILES string of the molecule is O=C(NCCOc1ccc(F)cc1F)N1CC(CC2CC2)C1. The predicted octanol–water partition coefficient (Wildman–Crippen LogP) is 2.79. The standard InChI is InChI=1S/C16H20F2N2O2/c17-13-3-4-15(14(18)8-13)22-6-5-19-16(21)20-9-12(10-20)7-11-1-2-11/h3-4,8,11-12H,1-2,5-7,9-10H2,(H,19,21). The first kappa shape index (κ1) is 15.1. The van der Waals surface area contributed by atoms with Crippen molar-refractivity contribution in [2.45, 2.75) is 19.3 Å². The summed E-state index contributed by atoms with van der Waals surface area (Å²) in [6.45, 7) is 2.10. The molecule has 1 aromatic rings. The molecule has 1 saturated heterocycles. The zero-order chi connectivity index (χ0) is 15.5. The second-order valence-electron chi connectivity index (χ2n) is 6.11. The second kappa shape index (κ2) is 6.50. The number of ether oxygens (including phenoxy) is 1. The zero-order valence-corrected chi connectivity index (χ0v) is 12.4. The fourth-order valence-corrected chi connectivity index (χ4v) is 2.73. The van der Waals surface area contributed by atoms with Crippen LogP contribution in [-0.2, 0) is 0 Å². The monoisotopic (exact) mass is 310 g/mol. The van der Waals surface area contributed by atoms with Crippen molar-refractivity contribution in [2.24, 2.45) is 11.8 Å². The van der Waals surface area contributed by atoms with Gasteiger partial charge in [0, 0.05) is 19.2 Å². The fourth-order valence-electron chi connectivity index (χ4n) is 2.73. The number of carbonyl (C=O) groups excluding carboxylic acids is 1. The summed E-state index contributed by atoms with van der Waals surface area (Å²) >= 11 is 0. The molecule has 6 heteroatoms. The van der Waals surface area contributed by atoms with E-state index in [0.717, 1.165) is 31.1 Å². The van der Waals surface area contributed by atoms with Crippen LogP contribution >= 0.6 is 0 Å². The average Bonchev–Trinajstić information content (AvgIpc) is 3.24. The highest BCUT2D eigenvalue weighted by Crippen LogP contribution is 2.37. The van der Waals surface area contributed by atoms with E-state index in [9.17, 15) is 13.6 Å². The van der Waals surface area contributed by atoms with E-state index < -0.39 is 11.6 Å². The van der Waals surface area contributed by atoms with Crippen molar-refractivity contribution in [2.75, 3.05) is 26.2 Å². The van der Waals surface area contributed by atoms with Crippen LogP contribution in [-0.4, -0.2) is 37.2 Å². The van der Waals surface area contributed by atoms with Crippen molar-refractivity contribution in [3.8, 4) is 5.75 Å². The Morgan fingerprint density at radius 3 is 2.73 bits per heavy atom. The van der Waals surface area contributed by atoms with Gasteiger partial charge in [-0.3, -0.25) is 0 Å². The molecule has 0 radical (unpaired) electrons. The molecule has 0 aromatic heterocycles. The van der Waals surface area contributed by atoms with Crippen LogP contribution < -0.4 is 10.1 Å². The van der Waals surface area contributed by atoms with E-state index in [1.807, 2.05) is 0 Å². The second-order valence-corrected chi connectivity index (χ2v) is 6.11. The molecule has 1 aliphatic carbocycles. The Balaban J connectivity index is 1.30. The van der Waals surface area contributed by atoms with Crippen molar-refractivity contribution >= 4 is 6.03 Å². The lowest BCUT2D eigenvalue weighted by Crippen LogP contribution is -2.54. The first-order valence-corrected chi connectivity index (χ1v) is 7.72. The van der Waals surface area contributed by atoms with Gasteiger partial charge in [-0.1, -0.05) is 12.8 Å². The topological polar surface area (TPSA) is 41.6 Å². The summed E-state index contributed by atoms with van der Waals surface area (Å²) in [5.41, 5.74) is 0. The van der Waals surface area contributed by atoms with Gasteiger partial charge >= 0.3 is 6.03 Å². The number of halogens is 2. The molecule has 120 valence electrons. The molecule has 2 fully saturated rings. The molecule has 4 nitrogen and oxygen atoms in total. The van der Waals surface area contributed by atoms with Crippen LogP contribution in [0.4, 0.5) is 13.6 Å². The number of nitrogens with one attached hydrogen (secondary N) is 1. The number of hydrogen-bond donors (Lipinski definition) is 1. The molecule has 1 heterocycles. The van der Waals surface area contributed by atoms with Gasteiger partial charge in [-0.25, -0.2) is 13.6 Å². The zero-order valence-electron chi connectivity index (χ0n) is 12.4. The maximum atomic E-state index is 13.3. The molecule has 0 atom stereocenters. The quantitative estimate of drug-likeness (QED) is 0.821. The van der Waals surface area contributed by atoms with E-state index in [1.54, 1.807) is 4.90 Å². The summed E-state index contributed by atoms with van der Waals surface area (Å²) in [7, 11) is 0. The fraction of sp³-hybridized carbons (Fsp3) is 0.562. The molecule has 1 aliphatic heterocycles. The van der Waals surface area contributed by atoms with Crippen LogP contribution in [0.5, 0.6) is 5.75 Å². The summed E-state index contributed by atoms with van der Waals surface area (Å²) < 4.78 is 31.2. The van der Waals surface area contributed by atoms with Crippen LogP contribution in [0.2, 0.25) is 0 Å². The van der Waals surface area contributed by atoms with Gasteiger partial charge in [0.1, 0.15) is 12.4 Å². The van der Waals surface area contributed by atoms with Crippen LogP contribution in [0.15, 0.2) is 18.2 Å². The Hall–Kier alpha value is -1.85. The number of likely N-dealkylation sites (tertiary alicyclic amines) is 1. The van der Waals surface area contributed by atoms with Crippen molar-refractivity contribution in [1.82, 2.24) is 10.2 Å². The minimum absolute atomic E-state index is 0.0101. The number of amides is 2. The van der Waals surface area contributed by atoms with E-state index in [4.69, 9.17) is 4.74 Å². The van der Waals surface area contributed by atoms with Gasteiger partial charge in [0.2, 0.25) is 0 Å². The number of rotatable bonds is 6. The third-order valence-electron chi connectivity index (χ3n) is 4.14. The Kier molecular flexibility index (Phi) is 4.45. The number of carbonyl (C=O) groups is 1. The van der Waals surface area contributed by atoms with E-state index in [2.05, 4.69) is 5.32 Å². The third kappa shape index (κ3) is 3.87. The normalized spacial score (nSPS) is 18.0. The minimum atomic E-state index is -0.739. The average molecular weight is 310 g/mol. The molecule has 1 N–H and O–H groups in total.